The summed E-state index contributed by atoms with van der Waals surface area (Å²) in [7, 11) is 0. The second kappa shape index (κ2) is 14.6. The Kier molecular flexibility index (Phi) is 10.4. The number of rotatable bonds is 11. The quantitative estimate of drug-likeness (QED) is 0.232. The summed E-state index contributed by atoms with van der Waals surface area (Å²) < 4.78 is 5.14. The lowest BCUT2D eigenvalue weighted by Crippen LogP contribution is -2.61. The summed E-state index contributed by atoms with van der Waals surface area (Å²) in [5.74, 6) is -1.51. The molecule has 0 radical (unpaired) electrons. The molecule has 4 N–H and O–H groups in total. The third kappa shape index (κ3) is 8.42. The Bertz CT molecular complexity index is 1250. The normalized spacial score (nSPS) is 26.8. The number of carbonyl (C=O) groups is 4. The van der Waals surface area contributed by atoms with Crippen LogP contribution in [0.3, 0.4) is 0 Å². The third-order valence-corrected chi connectivity index (χ3v) is 8.57. The molecule has 2 aromatic rings. The first-order valence-corrected chi connectivity index (χ1v) is 15.5. The zero-order valence-electron chi connectivity index (χ0n) is 24.5. The van der Waals surface area contributed by atoms with Gasteiger partial charge in [-0.2, -0.15) is 0 Å². The van der Waals surface area contributed by atoms with Crippen molar-refractivity contribution in [3.63, 3.8) is 0 Å². The fourth-order valence-electron chi connectivity index (χ4n) is 6.04. The summed E-state index contributed by atoms with van der Waals surface area (Å²) in [5, 5.41) is 18.8. The third-order valence-electron chi connectivity index (χ3n) is 8.57. The van der Waals surface area contributed by atoms with E-state index < -0.39 is 42.1 Å². The lowest BCUT2D eigenvalue weighted by molar-refractivity contribution is -0.143. The molecule has 3 heterocycles. The van der Waals surface area contributed by atoms with Gasteiger partial charge in [0.15, 0.2) is 0 Å². The molecule has 0 spiro atoms. The lowest BCUT2D eigenvalue weighted by atomic mass is 9.99. The van der Waals surface area contributed by atoms with Crippen LogP contribution in [-0.2, 0) is 36.8 Å². The number of nitrogens with one attached hydrogen (secondary N) is 3. The molecule has 0 bridgehead atoms. The van der Waals surface area contributed by atoms with Gasteiger partial charge < -0.3 is 30.7 Å². The van der Waals surface area contributed by atoms with Crippen LogP contribution in [0.5, 0.6) is 0 Å². The van der Waals surface area contributed by atoms with Crippen molar-refractivity contribution < 1.29 is 29.0 Å². The number of carbonyl (C=O) groups excluding carboxylic acids is 4. The average molecular weight is 591 g/mol. The predicted octanol–water partition coefficient (Wildman–Crippen LogP) is 1.64. The maximum absolute atomic E-state index is 13.9. The Hall–Kier alpha value is -3.76. The van der Waals surface area contributed by atoms with Crippen molar-refractivity contribution in [2.24, 2.45) is 0 Å². The van der Waals surface area contributed by atoms with Crippen LogP contribution in [0.1, 0.15) is 56.1 Å². The van der Waals surface area contributed by atoms with E-state index in [1.54, 1.807) is 4.90 Å². The first-order chi connectivity index (χ1) is 20.9. The van der Waals surface area contributed by atoms with E-state index in [1.165, 1.54) is 0 Å². The van der Waals surface area contributed by atoms with Crippen LogP contribution in [0.15, 0.2) is 60.7 Å². The summed E-state index contributed by atoms with van der Waals surface area (Å²) in [4.78, 5) is 56.5. The van der Waals surface area contributed by atoms with Crippen molar-refractivity contribution in [1.82, 2.24) is 20.9 Å². The number of hydrogen-bond donors (Lipinski definition) is 4. The maximum atomic E-state index is 13.9. The second-order valence-electron chi connectivity index (χ2n) is 11.8. The van der Waals surface area contributed by atoms with E-state index in [9.17, 15) is 24.3 Å². The summed E-state index contributed by atoms with van der Waals surface area (Å²) >= 11 is 0. The molecular formula is C33H42N4O6. The van der Waals surface area contributed by atoms with Gasteiger partial charge in [-0.05, 0) is 36.8 Å². The molecule has 6 atom stereocenters. The van der Waals surface area contributed by atoms with Crippen LogP contribution < -0.4 is 16.0 Å². The largest absolute Gasteiger partial charge is 0.390 e. The van der Waals surface area contributed by atoms with Crippen LogP contribution in [0, 0.1) is 0 Å². The van der Waals surface area contributed by atoms with E-state index in [4.69, 9.17) is 4.74 Å². The highest BCUT2D eigenvalue weighted by atomic mass is 16.6. The predicted molar refractivity (Wildman–Crippen MR) is 160 cm³/mol. The van der Waals surface area contributed by atoms with E-state index in [1.807, 2.05) is 60.7 Å². The van der Waals surface area contributed by atoms with Gasteiger partial charge in [-0.1, -0.05) is 79.9 Å². The molecule has 0 unspecified atom stereocenters. The highest BCUT2D eigenvalue weighted by Crippen LogP contribution is 2.22. The molecule has 0 saturated carbocycles. The minimum Gasteiger partial charge on any atom is -0.390 e. The molecule has 0 aromatic heterocycles. The molecule has 10 heteroatoms. The van der Waals surface area contributed by atoms with Crippen LogP contribution >= 0.6 is 0 Å². The maximum Gasteiger partial charge on any atom is 0.246 e. The fraction of sp³-hybridized carbons (Fsp3) is 0.515. The molecule has 0 aliphatic carbocycles. The van der Waals surface area contributed by atoms with Crippen LogP contribution in [0.4, 0.5) is 0 Å². The fourth-order valence-corrected chi connectivity index (χ4v) is 6.04. The van der Waals surface area contributed by atoms with Crippen molar-refractivity contribution >= 4 is 23.6 Å². The number of nitrogens with zero attached hydrogens (tertiary/aromatic N) is 1. The first kappa shape index (κ1) is 30.7. The van der Waals surface area contributed by atoms with Crippen LogP contribution in [-0.4, -0.2) is 83.2 Å². The highest BCUT2D eigenvalue weighted by Gasteiger charge is 2.40. The molecule has 10 nitrogen and oxygen atoms in total. The molecule has 43 heavy (non-hydrogen) atoms. The lowest BCUT2D eigenvalue weighted by Gasteiger charge is -2.32. The Morgan fingerprint density at radius 1 is 0.767 bits per heavy atom. The number of aliphatic hydroxyl groups is 1. The molecule has 3 fully saturated rings. The average Bonchev–Trinajstić information content (AvgIpc) is 3.75. The van der Waals surface area contributed by atoms with Gasteiger partial charge in [0.2, 0.25) is 23.6 Å². The number of aliphatic hydroxyl groups excluding tert-OH is 1. The summed E-state index contributed by atoms with van der Waals surface area (Å²) in [6.45, 7) is 1.01. The Balaban J connectivity index is 1.35. The van der Waals surface area contributed by atoms with Crippen molar-refractivity contribution in [2.75, 3.05) is 13.2 Å². The number of hydrogen-bond acceptors (Lipinski definition) is 6. The minimum atomic E-state index is -0.942. The Labute approximate surface area is 252 Å². The minimum absolute atomic E-state index is 0.0616. The smallest absolute Gasteiger partial charge is 0.246 e. The molecule has 5 rings (SSSR count). The van der Waals surface area contributed by atoms with E-state index in [2.05, 4.69) is 16.0 Å². The van der Waals surface area contributed by atoms with Gasteiger partial charge in [-0.25, -0.2) is 0 Å². The van der Waals surface area contributed by atoms with Crippen LogP contribution in [0.25, 0.3) is 0 Å². The van der Waals surface area contributed by atoms with Gasteiger partial charge in [0.1, 0.15) is 30.3 Å². The van der Waals surface area contributed by atoms with Crippen molar-refractivity contribution in [3.8, 4) is 0 Å². The second-order valence-corrected chi connectivity index (χ2v) is 11.8. The van der Waals surface area contributed by atoms with Gasteiger partial charge in [-0.15, -0.1) is 0 Å². The van der Waals surface area contributed by atoms with E-state index >= 15 is 0 Å². The number of amides is 4. The van der Waals surface area contributed by atoms with Crippen molar-refractivity contribution in [3.05, 3.63) is 71.8 Å². The number of epoxide rings is 1. The number of unbranched alkanes of at least 4 members (excludes halogenated alkanes) is 2. The molecule has 230 valence electrons. The SMILES string of the molecule is O=C1N[C@@H](Cc2ccccc2)C(=O)N2CCC[C@@H]2C(=O)N[C@@H](CCCCC[C@H](O)[C@@H]2CO2)C(=O)N[C@H]1Cc1ccccc1. The molecule has 3 saturated heterocycles. The van der Waals surface area contributed by atoms with Gasteiger partial charge in [0.05, 0.1) is 12.7 Å². The monoisotopic (exact) mass is 590 g/mol. The van der Waals surface area contributed by atoms with Gasteiger partial charge in [0, 0.05) is 19.4 Å². The molecule has 3 aliphatic heterocycles. The van der Waals surface area contributed by atoms with Crippen molar-refractivity contribution in [1.29, 1.82) is 0 Å². The number of benzene rings is 2. The van der Waals surface area contributed by atoms with Gasteiger partial charge in [0.25, 0.3) is 0 Å². The van der Waals surface area contributed by atoms with E-state index in [0.29, 0.717) is 45.3 Å². The number of ether oxygens (including phenoxy) is 1. The van der Waals surface area contributed by atoms with Crippen molar-refractivity contribution in [2.45, 2.75) is 94.2 Å². The van der Waals surface area contributed by atoms with Gasteiger partial charge >= 0.3 is 0 Å². The highest BCUT2D eigenvalue weighted by molar-refractivity contribution is 5.98. The zero-order chi connectivity index (χ0) is 30.2. The number of fused-ring (bicyclic) bond motifs is 1. The topological polar surface area (TPSA) is 140 Å². The summed E-state index contributed by atoms with van der Waals surface area (Å²) in [6.07, 6.45) is 4.33. The summed E-state index contributed by atoms with van der Waals surface area (Å²) in [5.41, 5.74) is 1.74. The molecule has 4 amide bonds. The van der Waals surface area contributed by atoms with Crippen LogP contribution in [0.2, 0.25) is 0 Å². The Morgan fingerprint density at radius 2 is 1.35 bits per heavy atom. The summed E-state index contributed by atoms with van der Waals surface area (Å²) in [6, 6.07) is 15.5. The first-order valence-electron chi connectivity index (χ1n) is 15.5. The van der Waals surface area contributed by atoms with Gasteiger partial charge in [-0.3, -0.25) is 19.2 Å². The van der Waals surface area contributed by atoms with E-state index in [0.717, 1.165) is 24.0 Å². The standard InChI is InChI=1S/C33H42N4O6/c38-28(29-21-43-29)17-9-3-8-15-24-30(39)35-25(19-22-11-4-1-5-12-22)31(40)36-26(20-23-13-6-2-7-14-23)33(42)37-18-10-16-27(37)32(41)34-24/h1-2,4-7,11-14,24-29,38H,3,8-10,15-21H2,(H,34,41)(H,35,39)(H,36,40)/t24-,25-,26-,27+,28-,29-/m0/s1. The molecule has 2 aromatic carbocycles. The molecular weight excluding hydrogens is 548 g/mol. The Morgan fingerprint density at radius 3 is 2.00 bits per heavy atom. The zero-order valence-corrected chi connectivity index (χ0v) is 24.5. The molecule has 3 aliphatic rings. The van der Waals surface area contributed by atoms with E-state index in [-0.39, 0.29) is 30.8 Å².